The van der Waals surface area contributed by atoms with Crippen molar-refractivity contribution >= 4 is 5.78 Å². The molecule has 0 saturated carbocycles. The van der Waals surface area contributed by atoms with E-state index in [1.54, 1.807) is 6.08 Å². The summed E-state index contributed by atoms with van der Waals surface area (Å²) in [5, 5.41) is 0. The van der Waals surface area contributed by atoms with Gasteiger partial charge in [-0.05, 0) is 37.2 Å². The first-order chi connectivity index (χ1) is 6.10. The van der Waals surface area contributed by atoms with Gasteiger partial charge in [0.25, 0.3) is 0 Å². The highest BCUT2D eigenvalue weighted by Crippen LogP contribution is 2.45. The molecule has 70 valence electrons. The minimum Gasteiger partial charge on any atom is -0.295 e. The van der Waals surface area contributed by atoms with E-state index >= 15 is 0 Å². The Hall–Kier alpha value is -0.850. The molecule has 0 saturated heterocycles. The van der Waals surface area contributed by atoms with Crippen molar-refractivity contribution in [2.24, 2.45) is 11.3 Å². The van der Waals surface area contributed by atoms with Crippen molar-refractivity contribution in [3.8, 4) is 0 Å². The summed E-state index contributed by atoms with van der Waals surface area (Å²) in [6, 6.07) is 0. The highest BCUT2D eigenvalue weighted by Gasteiger charge is 2.37. The molecule has 2 rings (SSSR count). The van der Waals surface area contributed by atoms with Gasteiger partial charge in [0.15, 0.2) is 5.78 Å². The number of carbonyl (C=O) groups is 1. The largest absolute Gasteiger partial charge is 0.295 e. The van der Waals surface area contributed by atoms with Gasteiger partial charge in [0.2, 0.25) is 0 Å². The Balaban J connectivity index is 2.30. The van der Waals surface area contributed by atoms with E-state index in [0.717, 1.165) is 19.3 Å². The topological polar surface area (TPSA) is 17.1 Å². The van der Waals surface area contributed by atoms with Crippen molar-refractivity contribution in [2.75, 3.05) is 0 Å². The number of hydrogen-bond acceptors (Lipinski definition) is 1. The molecule has 0 N–H and O–H groups in total. The fraction of sp³-hybridized carbons (Fsp3) is 0.583. The summed E-state index contributed by atoms with van der Waals surface area (Å²) < 4.78 is 0. The molecule has 0 amide bonds. The maximum absolute atomic E-state index is 11.3. The molecule has 0 aromatic carbocycles. The van der Waals surface area contributed by atoms with Crippen LogP contribution in [0.4, 0.5) is 0 Å². The molecule has 0 aromatic rings. The molecule has 1 heteroatoms. The molecule has 2 unspecified atom stereocenters. The predicted octanol–water partition coefficient (Wildman–Crippen LogP) is 2.88. The lowest BCUT2D eigenvalue weighted by Gasteiger charge is -2.40. The number of hydrogen-bond donors (Lipinski definition) is 0. The highest BCUT2D eigenvalue weighted by atomic mass is 16.1. The van der Waals surface area contributed by atoms with Crippen molar-refractivity contribution in [1.29, 1.82) is 0 Å². The number of fused-ring (bicyclic) bond motifs is 1. The fourth-order valence-corrected chi connectivity index (χ4v) is 2.37. The first kappa shape index (κ1) is 8.74. The van der Waals surface area contributed by atoms with Crippen molar-refractivity contribution < 1.29 is 4.79 Å². The zero-order valence-corrected chi connectivity index (χ0v) is 8.34. The van der Waals surface area contributed by atoms with Crippen LogP contribution in [-0.4, -0.2) is 5.78 Å². The van der Waals surface area contributed by atoms with Gasteiger partial charge in [0.05, 0.1) is 0 Å². The third kappa shape index (κ3) is 1.48. The molecular formula is C12H16O. The summed E-state index contributed by atoms with van der Waals surface area (Å²) in [4.78, 5) is 11.3. The zero-order valence-electron chi connectivity index (χ0n) is 8.34. The molecule has 1 nitrogen and oxygen atoms in total. The Bertz CT molecular complexity index is 298. The van der Waals surface area contributed by atoms with Gasteiger partial charge in [0.1, 0.15) is 0 Å². The second-order valence-corrected chi connectivity index (χ2v) is 4.67. The predicted molar refractivity (Wildman–Crippen MR) is 53.4 cm³/mol. The van der Waals surface area contributed by atoms with Crippen LogP contribution in [0, 0.1) is 11.3 Å². The Labute approximate surface area is 79.5 Å². The van der Waals surface area contributed by atoms with Gasteiger partial charge >= 0.3 is 0 Å². The van der Waals surface area contributed by atoms with Gasteiger partial charge in [-0.2, -0.15) is 0 Å². The molecule has 2 atom stereocenters. The quantitative estimate of drug-likeness (QED) is 0.519. The maximum Gasteiger partial charge on any atom is 0.155 e. The molecule has 0 fully saturated rings. The third-order valence-electron chi connectivity index (χ3n) is 3.49. The minimum absolute atomic E-state index is 0.257. The lowest BCUT2D eigenvalue weighted by Crippen LogP contribution is -2.32. The lowest BCUT2D eigenvalue weighted by atomic mass is 9.64. The van der Waals surface area contributed by atoms with Crippen molar-refractivity contribution in [3.05, 3.63) is 23.8 Å². The summed E-state index contributed by atoms with van der Waals surface area (Å²) in [6.07, 6.45) is 9.16. The van der Waals surface area contributed by atoms with Crippen LogP contribution in [0.5, 0.6) is 0 Å². The van der Waals surface area contributed by atoms with Gasteiger partial charge in [0, 0.05) is 6.42 Å². The second-order valence-electron chi connectivity index (χ2n) is 4.67. The molecule has 0 heterocycles. The first-order valence-electron chi connectivity index (χ1n) is 4.98. The van der Waals surface area contributed by atoms with Crippen LogP contribution < -0.4 is 0 Å². The average molecular weight is 176 g/mol. The van der Waals surface area contributed by atoms with Crippen LogP contribution >= 0.6 is 0 Å². The van der Waals surface area contributed by atoms with Crippen LogP contribution in [0.1, 0.15) is 33.1 Å². The van der Waals surface area contributed by atoms with E-state index in [1.807, 2.05) is 0 Å². The van der Waals surface area contributed by atoms with E-state index in [9.17, 15) is 4.79 Å². The summed E-state index contributed by atoms with van der Waals surface area (Å²) in [5.41, 5.74) is 1.71. The second kappa shape index (κ2) is 2.83. The lowest BCUT2D eigenvalue weighted by molar-refractivity contribution is -0.117. The molecule has 0 aromatic heterocycles. The maximum atomic E-state index is 11.3. The zero-order chi connectivity index (χ0) is 9.47. The van der Waals surface area contributed by atoms with Crippen LogP contribution in [0.3, 0.4) is 0 Å². The van der Waals surface area contributed by atoms with E-state index in [-0.39, 0.29) is 5.41 Å². The normalized spacial score (nSPS) is 38.5. The Morgan fingerprint density at radius 3 is 3.00 bits per heavy atom. The Morgan fingerprint density at radius 2 is 2.23 bits per heavy atom. The number of allylic oxidation sites excluding steroid dienone is 4. The van der Waals surface area contributed by atoms with Gasteiger partial charge in [-0.3, -0.25) is 4.79 Å². The van der Waals surface area contributed by atoms with E-state index < -0.39 is 0 Å². The molecule has 13 heavy (non-hydrogen) atoms. The fourth-order valence-electron chi connectivity index (χ4n) is 2.37. The van der Waals surface area contributed by atoms with E-state index in [4.69, 9.17) is 0 Å². The molecule has 0 aliphatic heterocycles. The molecule has 2 aliphatic rings. The van der Waals surface area contributed by atoms with Gasteiger partial charge in [-0.25, -0.2) is 0 Å². The van der Waals surface area contributed by atoms with Crippen LogP contribution in [0.25, 0.3) is 0 Å². The molecular weight excluding hydrogens is 160 g/mol. The first-order valence-corrected chi connectivity index (χ1v) is 4.98. The van der Waals surface area contributed by atoms with Gasteiger partial charge in [-0.15, -0.1) is 0 Å². The van der Waals surface area contributed by atoms with Crippen molar-refractivity contribution in [2.45, 2.75) is 33.1 Å². The summed E-state index contributed by atoms with van der Waals surface area (Å²) in [5.74, 6) is 0.854. The Morgan fingerprint density at radius 1 is 1.46 bits per heavy atom. The number of ketones is 1. The van der Waals surface area contributed by atoms with Crippen molar-refractivity contribution in [3.63, 3.8) is 0 Å². The average Bonchev–Trinajstić information content (AvgIpc) is 2.08. The monoisotopic (exact) mass is 176 g/mol. The number of rotatable bonds is 0. The summed E-state index contributed by atoms with van der Waals surface area (Å²) in [7, 11) is 0. The van der Waals surface area contributed by atoms with Crippen LogP contribution in [-0.2, 0) is 4.79 Å². The standard InChI is InChI=1S/C12H16O/c1-9-3-5-12(2)6-4-11(13)8-10(12)7-9/h3-4,6,10H,5,7-8H2,1-2H3. The smallest absolute Gasteiger partial charge is 0.155 e. The van der Waals surface area contributed by atoms with Crippen molar-refractivity contribution in [1.82, 2.24) is 0 Å². The van der Waals surface area contributed by atoms with Gasteiger partial charge in [-0.1, -0.05) is 24.6 Å². The van der Waals surface area contributed by atoms with E-state index in [0.29, 0.717) is 11.7 Å². The molecule has 0 radical (unpaired) electrons. The number of carbonyl (C=O) groups excluding carboxylic acids is 1. The van der Waals surface area contributed by atoms with E-state index in [2.05, 4.69) is 26.0 Å². The summed E-state index contributed by atoms with van der Waals surface area (Å²) >= 11 is 0. The Kier molecular flexibility index (Phi) is 1.90. The highest BCUT2D eigenvalue weighted by molar-refractivity contribution is 5.91. The van der Waals surface area contributed by atoms with Crippen LogP contribution in [0.2, 0.25) is 0 Å². The summed E-state index contributed by atoms with van der Waals surface area (Å²) in [6.45, 7) is 4.44. The molecule has 2 aliphatic carbocycles. The molecule has 0 spiro atoms. The van der Waals surface area contributed by atoms with E-state index in [1.165, 1.54) is 5.57 Å². The molecule has 0 bridgehead atoms. The van der Waals surface area contributed by atoms with Crippen LogP contribution in [0.15, 0.2) is 23.8 Å². The third-order valence-corrected chi connectivity index (χ3v) is 3.49. The van der Waals surface area contributed by atoms with Gasteiger partial charge < -0.3 is 0 Å². The minimum atomic E-state index is 0.257. The SMILES string of the molecule is CC1=CCC2(C)C=CC(=O)CC2C1.